The molecule has 0 aromatic heterocycles. The average Bonchev–Trinajstić information content (AvgIpc) is 2.61. The van der Waals surface area contributed by atoms with E-state index in [1.54, 1.807) is 0 Å². The molecule has 1 aliphatic carbocycles. The summed E-state index contributed by atoms with van der Waals surface area (Å²) in [6.07, 6.45) is 6.70. The van der Waals surface area contributed by atoms with Gasteiger partial charge in [0.25, 0.3) is 0 Å². The topological polar surface area (TPSA) is 46.5 Å². The second-order valence-electron chi connectivity index (χ2n) is 5.87. The molecule has 18 heavy (non-hydrogen) atoms. The Hall–Kier alpha value is -1.35. The van der Waals surface area contributed by atoms with Gasteiger partial charge in [-0.25, -0.2) is 4.79 Å². The van der Waals surface area contributed by atoms with Gasteiger partial charge in [0.15, 0.2) is 0 Å². The van der Waals surface area contributed by atoms with Crippen molar-refractivity contribution in [1.29, 1.82) is 0 Å². The lowest BCUT2D eigenvalue weighted by Crippen LogP contribution is -2.35. The number of allylic oxidation sites excluding steroid dienone is 1. The Morgan fingerprint density at radius 3 is 2.83 bits per heavy atom. The highest BCUT2D eigenvalue weighted by molar-refractivity contribution is 5.85. The van der Waals surface area contributed by atoms with Crippen molar-refractivity contribution in [2.75, 3.05) is 6.61 Å². The number of hydrogen-bond acceptors (Lipinski definition) is 3. The highest BCUT2D eigenvalue weighted by Crippen LogP contribution is 2.44. The van der Waals surface area contributed by atoms with E-state index in [2.05, 4.69) is 26.5 Å². The molecule has 1 N–H and O–H groups in total. The number of aliphatic hydroxyl groups excluding tert-OH is 1. The number of hydrogen-bond donors (Lipinski definition) is 1. The van der Waals surface area contributed by atoms with Gasteiger partial charge in [0, 0.05) is 12.0 Å². The Morgan fingerprint density at radius 1 is 1.56 bits per heavy atom. The predicted molar refractivity (Wildman–Crippen MR) is 69.8 cm³/mol. The molecule has 98 valence electrons. The fraction of sp³-hybridized carbons (Fsp3) is 0.533. The van der Waals surface area contributed by atoms with Gasteiger partial charge in [-0.2, -0.15) is 0 Å². The summed E-state index contributed by atoms with van der Waals surface area (Å²) >= 11 is 0. The molecule has 2 rings (SSSR count). The van der Waals surface area contributed by atoms with E-state index in [0.29, 0.717) is 13.0 Å². The Labute approximate surface area is 108 Å². The van der Waals surface area contributed by atoms with E-state index < -0.39 is 0 Å². The molecule has 1 saturated carbocycles. The average molecular weight is 248 g/mol. The maximum Gasteiger partial charge on any atom is 0.331 e. The van der Waals surface area contributed by atoms with Gasteiger partial charge >= 0.3 is 5.97 Å². The van der Waals surface area contributed by atoms with E-state index in [9.17, 15) is 9.90 Å². The lowest BCUT2D eigenvalue weighted by molar-refractivity contribution is -0.134. The molecule has 1 heterocycles. The van der Waals surface area contributed by atoms with Crippen molar-refractivity contribution in [2.45, 2.75) is 32.8 Å². The van der Waals surface area contributed by atoms with Gasteiger partial charge < -0.3 is 9.84 Å². The predicted octanol–water partition coefficient (Wildman–Crippen LogP) is 2.38. The summed E-state index contributed by atoms with van der Waals surface area (Å²) in [6.45, 7) is 8.71. The number of carbonyl (C=O) groups excluding carboxylic acids is 1. The summed E-state index contributed by atoms with van der Waals surface area (Å²) in [4.78, 5) is 11.0. The standard InChI is InChI=1S/C15H20O3/c1-10-6-12(16)8-15(2,3)13(10)5-4-11-7-14(17)18-9-11/h4-5,7,12-13,16H,1,6,8-9H2,2-3H3/b5-4+/t12-,13-/m1/s1. The van der Waals surface area contributed by atoms with Crippen LogP contribution in [-0.4, -0.2) is 23.8 Å². The molecule has 2 atom stereocenters. The molecule has 0 aromatic rings. The molecule has 0 amide bonds. The minimum absolute atomic E-state index is 0.00468. The number of aliphatic hydroxyl groups is 1. The lowest BCUT2D eigenvalue weighted by Gasteiger charge is -2.41. The second kappa shape index (κ2) is 4.73. The van der Waals surface area contributed by atoms with E-state index in [-0.39, 0.29) is 23.4 Å². The smallest absolute Gasteiger partial charge is 0.331 e. The summed E-state index contributed by atoms with van der Waals surface area (Å²) in [6, 6.07) is 0. The molecule has 1 fully saturated rings. The molecule has 0 bridgehead atoms. The Bertz CT molecular complexity index is 429. The zero-order valence-electron chi connectivity index (χ0n) is 11.0. The molecule has 3 nitrogen and oxygen atoms in total. The molecule has 0 saturated heterocycles. The number of esters is 1. The number of carbonyl (C=O) groups is 1. The number of ether oxygens (including phenoxy) is 1. The van der Waals surface area contributed by atoms with Crippen LogP contribution in [0.1, 0.15) is 26.7 Å². The molecule has 0 spiro atoms. The lowest BCUT2D eigenvalue weighted by atomic mass is 9.65. The van der Waals surface area contributed by atoms with Crippen LogP contribution in [0.5, 0.6) is 0 Å². The molecule has 0 radical (unpaired) electrons. The minimum Gasteiger partial charge on any atom is -0.458 e. The summed E-state index contributed by atoms with van der Waals surface area (Å²) in [5.41, 5.74) is 1.95. The highest BCUT2D eigenvalue weighted by Gasteiger charge is 2.36. The Morgan fingerprint density at radius 2 is 2.28 bits per heavy atom. The number of cyclic esters (lactones) is 1. The van der Waals surface area contributed by atoms with Crippen molar-refractivity contribution in [3.63, 3.8) is 0 Å². The molecular weight excluding hydrogens is 228 g/mol. The van der Waals surface area contributed by atoms with Crippen LogP contribution in [-0.2, 0) is 9.53 Å². The third kappa shape index (κ3) is 2.72. The molecule has 0 aromatic carbocycles. The Balaban J connectivity index is 2.12. The van der Waals surface area contributed by atoms with Gasteiger partial charge in [-0.1, -0.05) is 38.2 Å². The second-order valence-corrected chi connectivity index (χ2v) is 5.87. The Kier molecular flexibility index (Phi) is 3.44. The summed E-state index contributed by atoms with van der Waals surface area (Å²) in [5, 5.41) is 9.79. The maximum atomic E-state index is 11.0. The van der Waals surface area contributed by atoms with Gasteiger partial charge in [0.2, 0.25) is 0 Å². The third-order valence-electron chi connectivity index (χ3n) is 3.73. The van der Waals surface area contributed by atoms with Crippen LogP contribution in [0, 0.1) is 11.3 Å². The van der Waals surface area contributed by atoms with Crippen LogP contribution in [0.3, 0.4) is 0 Å². The van der Waals surface area contributed by atoms with Crippen LogP contribution in [0.4, 0.5) is 0 Å². The van der Waals surface area contributed by atoms with Crippen LogP contribution in [0.25, 0.3) is 0 Å². The van der Waals surface area contributed by atoms with Crippen molar-refractivity contribution in [2.24, 2.45) is 11.3 Å². The summed E-state index contributed by atoms with van der Waals surface area (Å²) in [5.74, 6) is -0.0377. The van der Waals surface area contributed by atoms with E-state index >= 15 is 0 Å². The monoisotopic (exact) mass is 248 g/mol. The molecular formula is C15H20O3. The quantitative estimate of drug-likeness (QED) is 0.603. The van der Waals surface area contributed by atoms with Gasteiger partial charge in [-0.05, 0) is 23.8 Å². The molecule has 0 unspecified atom stereocenters. The first-order chi connectivity index (χ1) is 8.38. The van der Waals surface area contributed by atoms with Crippen molar-refractivity contribution in [3.8, 4) is 0 Å². The SMILES string of the molecule is C=C1C[C@@H](O)CC(C)(C)[C@@H]1/C=C/C1=CC(=O)OC1. The van der Waals surface area contributed by atoms with Crippen molar-refractivity contribution < 1.29 is 14.6 Å². The van der Waals surface area contributed by atoms with E-state index in [0.717, 1.165) is 17.6 Å². The molecule has 3 heteroatoms. The van der Waals surface area contributed by atoms with Crippen LogP contribution < -0.4 is 0 Å². The summed E-state index contributed by atoms with van der Waals surface area (Å²) < 4.78 is 4.86. The fourth-order valence-corrected chi connectivity index (χ4v) is 2.89. The van der Waals surface area contributed by atoms with E-state index in [1.165, 1.54) is 6.08 Å². The first kappa shape index (κ1) is 13.1. The zero-order valence-corrected chi connectivity index (χ0v) is 11.0. The fourth-order valence-electron chi connectivity index (χ4n) is 2.89. The van der Waals surface area contributed by atoms with Gasteiger partial charge in [-0.15, -0.1) is 0 Å². The first-order valence-corrected chi connectivity index (χ1v) is 6.30. The summed E-state index contributed by atoms with van der Waals surface area (Å²) in [7, 11) is 0. The normalized spacial score (nSPS) is 31.6. The van der Waals surface area contributed by atoms with Gasteiger partial charge in [-0.3, -0.25) is 0 Å². The van der Waals surface area contributed by atoms with Gasteiger partial charge in [0.1, 0.15) is 6.61 Å². The van der Waals surface area contributed by atoms with Crippen molar-refractivity contribution in [1.82, 2.24) is 0 Å². The molecule has 2 aliphatic rings. The molecule has 1 aliphatic heterocycles. The highest BCUT2D eigenvalue weighted by atomic mass is 16.5. The van der Waals surface area contributed by atoms with Crippen LogP contribution in [0.2, 0.25) is 0 Å². The van der Waals surface area contributed by atoms with Crippen molar-refractivity contribution in [3.05, 3.63) is 36.0 Å². The van der Waals surface area contributed by atoms with E-state index in [1.807, 2.05) is 6.08 Å². The minimum atomic E-state index is -0.284. The first-order valence-electron chi connectivity index (χ1n) is 6.30. The zero-order chi connectivity index (χ0) is 13.3. The third-order valence-corrected chi connectivity index (χ3v) is 3.73. The van der Waals surface area contributed by atoms with Crippen LogP contribution >= 0.6 is 0 Å². The number of rotatable bonds is 2. The maximum absolute atomic E-state index is 11.0. The largest absolute Gasteiger partial charge is 0.458 e. The van der Waals surface area contributed by atoms with Gasteiger partial charge in [0.05, 0.1) is 6.10 Å². The van der Waals surface area contributed by atoms with E-state index in [4.69, 9.17) is 4.74 Å². The van der Waals surface area contributed by atoms with Crippen molar-refractivity contribution >= 4 is 5.97 Å². The van der Waals surface area contributed by atoms with Crippen LogP contribution in [0.15, 0.2) is 36.0 Å².